The van der Waals surface area contributed by atoms with E-state index in [4.69, 9.17) is 19.4 Å². The molecule has 2 aliphatic heterocycles. The molecule has 36 heavy (non-hydrogen) atoms. The Morgan fingerprint density at radius 3 is 2.94 bits per heavy atom. The number of cyclic esters (lactones) is 1. The van der Waals surface area contributed by atoms with Crippen molar-refractivity contribution in [3.8, 4) is 11.9 Å². The van der Waals surface area contributed by atoms with Gasteiger partial charge in [0.2, 0.25) is 0 Å². The third-order valence-corrected chi connectivity index (χ3v) is 5.96. The van der Waals surface area contributed by atoms with E-state index in [2.05, 4.69) is 26.7 Å². The number of hydrogen-bond acceptors (Lipinski definition) is 10. The second kappa shape index (κ2) is 11.0. The number of carbonyl (C=O) groups is 3. The van der Waals surface area contributed by atoms with Gasteiger partial charge in [0, 0.05) is 19.0 Å². The first-order valence-electron chi connectivity index (χ1n) is 11.2. The summed E-state index contributed by atoms with van der Waals surface area (Å²) in [7, 11) is 0. The second-order valence-corrected chi connectivity index (χ2v) is 8.40. The van der Waals surface area contributed by atoms with Crippen molar-refractivity contribution in [1.82, 2.24) is 15.3 Å². The number of nitriles is 1. The van der Waals surface area contributed by atoms with Crippen LogP contribution in [0.5, 0.6) is 5.88 Å². The van der Waals surface area contributed by atoms with Crippen molar-refractivity contribution in [2.45, 2.75) is 37.5 Å². The van der Waals surface area contributed by atoms with Gasteiger partial charge in [-0.25, -0.2) is 14.8 Å². The molecule has 2 aromatic rings. The van der Waals surface area contributed by atoms with Crippen LogP contribution in [0.2, 0.25) is 0 Å². The standard InChI is InChI=1S/C22H22N6O5.CH2O2/c23-7-13-3-1-2-12-4-14(5-17(12)13)24-8-15(29)6-16-10-28(22(31)33-16)18-9-25-21-20(26-18)27-19(30)11-32-21;2-1-3/h1-3,9,14-16,24,29H,4-6,8,10-11H2,(H,26,27,30);1H,(H,2,3). The summed E-state index contributed by atoms with van der Waals surface area (Å²) in [6.45, 7) is 0.169. The summed E-state index contributed by atoms with van der Waals surface area (Å²) in [5, 5.41) is 32.6. The van der Waals surface area contributed by atoms with Gasteiger partial charge in [-0.15, -0.1) is 0 Å². The van der Waals surface area contributed by atoms with Crippen LogP contribution in [0.25, 0.3) is 0 Å². The number of amides is 2. The Labute approximate surface area is 205 Å². The molecule has 3 unspecified atom stereocenters. The molecule has 13 heteroatoms. The average Bonchev–Trinajstić information content (AvgIpc) is 3.45. The van der Waals surface area contributed by atoms with Gasteiger partial charge in [0.05, 0.1) is 30.5 Å². The largest absolute Gasteiger partial charge is 0.483 e. The van der Waals surface area contributed by atoms with Crippen molar-refractivity contribution in [1.29, 1.82) is 5.26 Å². The Kier molecular flexibility index (Phi) is 7.57. The minimum Gasteiger partial charge on any atom is -0.483 e. The fourth-order valence-corrected chi connectivity index (χ4v) is 4.41. The maximum atomic E-state index is 12.3. The van der Waals surface area contributed by atoms with Crippen molar-refractivity contribution in [3.05, 3.63) is 41.1 Å². The molecule has 1 aromatic carbocycles. The zero-order chi connectivity index (χ0) is 25.7. The van der Waals surface area contributed by atoms with Crippen molar-refractivity contribution >= 4 is 30.1 Å². The number of anilines is 2. The van der Waals surface area contributed by atoms with Crippen LogP contribution in [0.4, 0.5) is 16.4 Å². The Hall–Kier alpha value is -4.28. The van der Waals surface area contributed by atoms with Gasteiger partial charge in [0.15, 0.2) is 18.2 Å². The van der Waals surface area contributed by atoms with Crippen molar-refractivity contribution < 1.29 is 34.1 Å². The van der Waals surface area contributed by atoms with Gasteiger partial charge in [-0.3, -0.25) is 14.5 Å². The third kappa shape index (κ3) is 5.51. The van der Waals surface area contributed by atoms with E-state index in [9.17, 15) is 20.0 Å². The lowest BCUT2D eigenvalue weighted by atomic mass is 10.0. The van der Waals surface area contributed by atoms with Gasteiger partial charge in [-0.1, -0.05) is 12.1 Å². The highest BCUT2D eigenvalue weighted by Crippen LogP contribution is 2.28. The summed E-state index contributed by atoms with van der Waals surface area (Å²) in [6.07, 6.45) is 1.37. The third-order valence-electron chi connectivity index (χ3n) is 5.96. The van der Waals surface area contributed by atoms with Gasteiger partial charge in [0.25, 0.3) is 18.3 Å². The predicted molar refractivity (Wildman–Crippen MR) is 123 cm³/mol. The second-order valence-electron chi connectivity index (χ2n) is 8.40. The molecule has 3 aliphatic rings. The number of aromatic nitrogens is 2. The molecule has 1 aliphatic carbocycles. The number of carboxylic acid groups (broad SMARTS) is 1. The lowest BCUT2D eigenvalue weighted by Gasteiger charge is -2.19. The normalized spacial score (nSPS) is 20.5. The number of nitrogens with zero attached hydrogens (tertiary/aromatic N) is 4. The molecule has 0 spiro atoms. The minimum absolute atomic E-state index is 0.132. The highest BCUT2D eigenvalue weighted by molar-refractivity contribution is 5.94. The smallest absolute Gasteiger partial charge is 0.415 e. The van der Waals surface area contributed by atoms with E-state index >= 15 is 0 Å². The van der Waals surface area contributed by atoms with E-state index in [1.165, 1.54) is 11.1 Å². The van der Waals surface area contributed by atoms with Crippen LogP contribution in [0.1, 0.15) is 23.1 Å². The quantitative estimate of drug-likeness (QED) is 0.400. The van der Waals surface area contributed by atoms with E-state index in [1.807, 2.05) is 18.2 Å². The highest BCUT2D eigenvalue weighted by atomic mass is 16.6. The molecule has 0 radical (unpaired) electrons. The number of hydrogen-bond donors (Lipinski definition) is 4. The van der Waals surface area contributed by atoms with Crippen LogP contribution in [0.15, 0.2) is 24.4 Å². The monoisotopic (exact) mass is 496 g/mol. The van der Waals surface area contributed by atoms with Gasteiger partial charge in [-0.2, -0.15) is 5.26 Å². The van der Waals surface area contributed by atoms with Crippen LogP contribution in [0.3, 0.4) is 0 Å². The molecule has 1 aromatic heterocycles. The number of fused-ring (bicyclic) bond motifs is 2. The minimum atomic E-state index is -0.718. The number of benzene rings is 1. The summed E-state index contributed by atoms with van der Waals surface area (Å²) >= 11 is 0. The topological polar surface area (TPSA) is 187 Å². The van der Waals surface area contributed by atoms with E-state index in [1.54, 1.807) is 0 Å². The average molecular weight is 496 g/mol. The molecule has 2 amide bonds. The number of rotatable bonds is 6. The van der Waals surface area contributed by atoms with Crippen LogP contribution >= 0.6 is 0 Å². The molecule has 4 N–H and O–H groups in total. The summed E-state index contributed by atoms with van der Waals surface area (Å²) in [5.74, 6) is 0.235. The summed E-state index contributed by atoms with van der Waals surface area (Å²) in [6, 6.07) is 8.13. The lowest BCUT2D eigenvalue weighted by Crippen LogP contribution is -2.38. The lowest BCUT2D eigenvalue weighted by molar-refractivity contribution is -0.123. The summed E-state index contributed by atoms with van der Waals surface area (Å²) < 4.78 is 10.6. The number of ether oxygens (including phenoxy) is 2. The van der Waals surface area contributed by atoms with Gasteiger partial charge >= 0.3 is 6.09 Å². The first kappa shape index (κ1) is 24.8. The molecule has 5 rings (SSSR count). The molecule has 0 saturated carbocycles. The molecule has 13 nitrogen and oxygen atoms in total. The highest BCUT2D eigenvalue weighted by Gasteiger charge is 2.35. The van der Waals surface area contributed by atoms with Crippen LogP contribution in [0, 0.1) is 11.3 Å². The maximum Gasteiger partial charge on any atom is 0.415 e. The molecule has 1 saturated heterocycles. The molecule has 188 valence electrons. The predicted octanol–water partition coefficient (Wildman–Crippen LogP) is 0.213. The first-order valence-corrected chi connectivity index (χ1v) is 11.2. The number of aliphatic hydroxyl groups excluding tert-OH is 1. The fourth-order valence-electron chi connectivity index (χ4n) is 4.41. The number of nitrogens with one attached hydrogen (secondary N) is 2. The Balaban J connectivity index is 0.000000967. The molecule has 1 fully saturated rings. The zero-order valence-electron chi connectivity index (χ0n) is 19.1. The van der Waals surface area contributed by atoms with Gasteiger partial charge in [0.1, 0.15) is 6.10 Å². The maximum absolute atomic E-state index is 12.3. The van der Waals surface area contributed by atoms with Gasteiger partial charge in [-0.05, 0) is 30.0 Å². The Morgan fingerprint density at radius 1 is 1.36 bits per heavy atom. The van der Waals surface area contributed by atoms with Crippen molar-refractivity contribution in [3.63, 3.8) is 0 Å². The van der Waals surface area contributed by atoms with Crippen LogP contribution < -0.4 is 20.3 Å². The van der Waals surface area contributed by atoms with E-state index < -0.39 is 18.3 Å². The zero-order valence-corrected chi connectivity index (χ0v) is 19.1. The van der Waals surface area contributed by atoms with Crippen LogP contribution in [-0.4, -0.2) is 76.6 Å². The summed E-state index contributed by atoms with van der Waals surface area (Å²) in [5.41, 5.74) is 2.93. The SMILES string of the molecule is N#Cc1cccc2c1CC(NCC(O)CC1CN(c3cnc4c(n3)NC(=O)CO4)C(=O)O1)C2.O=CO. The van der Waals surface area contributed by atoms with Crippen molar-refractivity contribution in [2.24, 2.45) is 0 Å². The number of carbonyl (C=O) groups excluding carboxylic acids is 2. The Morgan fingerprint density at radius 2 is 2.17 bits per heavy atom. The van der Waals surface area contributed by atoms with E-state index in [-0.39, 0.29) is 55.5 Å². The van der Waals surface area contributed by atoms with Crippen molar-refractivity contribution in [2.75, 3.05) is 29.9 Å². The molecule has 3 heterocycles. The fraction of sp³-hybridized carbons (Fsp3) is 0.391. The van der Waals surface area contributed by atoms with Gasteiger partial charge < -0.3 is 30.3 Å². The first-order chi connectivity index (χ1) is 17.4. The molecular formula is C23H24N6O7. The van der Waals surface area contributed by atoms with E-state index in [0.29, 0.717) is 12.1 Å². The van der Waals surface area contributed by atoms with E-state index in [0.717, 1.165) is 24.0 Å². The number of aliphatic hydroxyl groups is 1. The summed E-state index contributed by atoms with van der Waals surface area (Å²) in [4.78, 5) is 41.8. The van der Waals surface area contributed by atoms with Crippen LogP contribution in [-0.2, 0) is 27.2 Å². The molecule has 3 atom stereocenters. The molecule has 0 bridgehead atoms. The molecular weight excluding hydrogens is 472 g/mol. The Bertz CT molecular complexity index is 1200.